The largest absolute Gasteiger partial charge is 0.443 e. The van der Waals surface area contributed by atoms with Gasteiger partial charge in [-0.1, -0.05) is 18.2 Å². The van der Waals surface area contributed by atoms with Crippen molar-refractivity contribution in [2.24, 2.45) is 11.8 Å². The lowest BCUT2D eigenvalue weighted by Crippen LogP contribution is -2.45. The molecule has 0 radical (unpaired) electrons. The molecule has 1 saturated heterocycles. The molecule has 1 aliphatic carbocycles. The van der Waals surface area contributed by atoms with Gasteiger partial charge in [0.1, 0.15) is 5.60 Å². The van der Waals surface area contributed by atoms with Gasteiger partial charge in [-0.05, 0) is 38.8 Å². The topological polar surface area (TPSA) is 38.8 Å². The molecule has 0 spiro atoms. The molecule has 0 aromatic rings. The molecule has 3 unspecified atom stereocenters. The number of allylic oxidation sites excluding steroid dienone is 2. The molecule has 1 amide bonds. The van der Waals surface area contributed by atoms with Crippen LogP contribution in [0.4, 0.5) is 4.79 Å². The smallest absolute Gasteiger partial charge is 0.414 e. The highest BCUT2D eigenvalue weighted by Gasteiger charge is 2.39. The first-order valence-electron chi connectivity index (χ1n) is 7.59. The summed E-state index contributed by atoms with van der Waals surface area (Å²) in [7, 11) is 0. The highest BCUT2D eigenvalue weighted by molar-refractivity contribution is 5.70. The van der Waals surface area contributed by atoms with E-state index in [-0.39, 0.29) is 18.1 Å². The van der Waals surface area contributed by atoms with Crippen LogP contribution in [0.15, 0.2) is 36.1 Å². The molecule has 21 heavy (non-hydrogen) atoms. The molecule has 0 saturated carbocycles. The zero-order chi connectivity index (χ0) is 15.0. The molecule has 2 heterocycles. The van der Waals surface area contributed by atoms with Crippen LogP contribution >= 0.6 is 0 Å². The number of fused-ring (bicyclic) bond motifs is 2. The first-order chi connectivity index (χ1) is 9.94. The fourth-order valence-electron chi connectivity index (χ4n) is 3.19. The van der Waals surface area contributed by atoms with Crippen LogP contribution in [-0.2, 0) is 9.47 Å². The van der Waals surface area contributed by atoms with Crippen molar-refractivity contribution in [1.82, 2.24) is 4.90 Å². The molecule has 3 atom stereocenters. The van der Waals surface area contributed by atoms with Crippen LogP contribution in [0, 0.1) is 11.8 Å². The summed E-state index contributed by atoms with van der Waals surface area (Å²) < 4.78 is 11.1. The Kier molecular flexibility index (Phi) is 3.66. The maximum Gasteiger partial charge on any atom is 0.414 e. The Bertz CT molecular complexity index is 513. The molecule has 0 aromatic heterocycles. The minimum absolute atomic E-state index is 0.116. The third-order valence-electron chi connectivity index (χ3n) is 4.14. The molecular weight excluding hydrogens is 266 g/mol. The van der Waals surface area contributed by atoms with Gasteiger partial charge in [0.15, 0.2) is 0 Å². The lowest BCUT2D eigenvalue weighted by molar-refractivity contribution is 0.0223. The summed E-state index contributed by atoms with van der Waals surface area (Å²) in [5, 5.41) is 0. The molecule has 4 nitrogen and oxygen atoms in total. The van der Waals surface area contributed by atoms with E-state index >= 15 is 0 Å². The molecule has 3 rings (SSSR count). The summed E-state index contributed by atoms with van der Waals surface area (Å²) in [4.78, 5) is 14.2. The van der Waals surface area contributed by atoms with E-state index in [2.05, 4.69) is 12.2 Å². The van der Waals surface area contributed by atoms with Crippen LogP contribution in [-0.4, -0.2) is 35.8 Å². The molecule has 3 aliphatic rings. The second-order valence-corrected chi connectivity index (χ2v) is 6.95. The average molecular weight is 289 g/mol. The standard InChI is InChI=1S/C17H23NO3/c1-17(2,3)21-16(19)18-7-5-4-6-12-8-13-10-20-11-14(13)9-15(12)18/h4-8,12,14-15H,9-11H2,1-3H3. The summed E-state index contributed by atoms with van der Waals surface area (Å²) in [6.07, 6.45) is 10.9. The van der Waals surface area contributed by atoms with Gasteiger partial charge in [0, 0.05) is 18.0 Å². The van der Waals surface area contributed by atoms with Crippen molar-refractivity contribution in [1.29, 1.82) is 0 Å². The fraction of sp³-hybridized carbons (Fsp3) is 0.588. The van der Waals surface area contributed by atoms with Gasteiger partial charge in [0.05, 0.1) is 19.3 Å². The molecule has 4 heteroatoms. The predicted molar refractivity (Wildman–Crippen MR) is 80.6 cm³/mol. The second-order valence-electron chi connectivity index (χ2n) is 6.95. The Balaban J connectivity index is 1.83. The molecule has 0 aromatic carbocycles. The third-order valence-corrected chi connectivity index (χ3v) is 4.14. The number of carbonyl (C=O) groups excluding carboxylic acids is 1. The van der Waals surface area contributed by atoms with Crippen LogP contribution in [0.1, 0.15) is 27.2 Å². The van der Waals surface area contributed by atoms with E-state index in [1.807, 2.05) is 39.1 Å². The Hall–Kier alpha value is -1.55. The number of hydrogen-bond donors (Lipinski definition) is 0. The minimum atomic E-state index is -0.480. The molecule has 2 aliphatic heterocycles. The van der Waals surface area contributed by atoms with Gasteiger partial charge in [-0.2, -0.15) is 0 Å². The van der Waals surface area contributed by atoms with Crippen LogP contribution in [0.25, 0.3) is 0 Å². The quantitative estimate of drug-likeness (QED) is 0.642. The van der Waals surface area contributed by atoms with Crippen molar-refractivity contribution in [2.75, 3.05) is 13.2 Å². The number of hydrogen-bond acceptors (Lipinski definition) is 3. The van der Waals surface area contributed by atoms with E-state index in [1.54, 1.807) is 4.90 Å². The zero-order valence-electron chi connectivity index (χ0n) is 12.9. The Morgan fingerprint density at radius 2 is 2.19 bits per heavy atom. The summed E-state index contributed by atoms with van der Waals surface area (Å²) in [6.45, 7) is 7.19. The lowest BCUT2D eigenvalue weighted by Gasteiger charge is -2.37. The second kappa shape index (κ2) is 5.34. The summed E-state index contributed by atoms with van der Waals surface area (Å²) in [5.74, 6) is 0.677. The number of rotatable bonds is 0. The Morgan fingerprint density at radius 1 is 1.38 bits per heavy atom. The fourth-order valence-corrected chi connectivity index (χ4v) is 3.19. The SMILES string of the molecule is CC(C)(C)OC(=O)N1C=CC=CC2C=C3COCC3CC21. The maximum atomic E-state index is 12.5. The van der Waals surface area contributed by atoms with E-state index in [9.17, 15) is 4.79 Å². The van der Waals surface area contributed by atoms with Crippen molar-refractivity contribution in [3.63, 3.8) is 0 Å². The van der Waals surface area contributed by atoms with Crippen molar-refractivity contribution in [3.8, 4) is 0 Å². The number of amides is 1. The van der Waals surface area contributed by atoms with Crippen molar-refractivity contribution >= 4 is 6.09 Å². The number of carbonyl (C=O) groups is 1. The summed E-state index contributed by atoms with van der Waals surface area (Å²) in [6, 6.07) is 0.116. The van der Waals surface area contributed by atoms with Crippen molar-refractivity contribution in [2.45, 2.75) is 38.8 Å². The highest BCUT2D eigenvalue weighted by atomic mass is 16.6. The third kappa shape index (κ3) is 3.05. The molecule has 0 bridgehead atoms. The monoisotopic (exact) mass is 289 g/mol. The van der Waals surface area contributed by atoms with E-state index in [0.717, 1.165) is 19.6 Å². The predicted octanol–water partition coefficient (Wildman–Crippen LogP) is 3.27. The lowest BCUT2D eigenvalue weighted by atomic mass is 9.80. The van der Waals surface area contributed by atoms with Crippen LogP contribution in [0.2, 0.25) is 0 Å². The van der Waals surface area contributed by atoms with Gasteiger partial charge in [0.2, 0.25) is 0 Å². The zero-order valence-corrected chi connectivity index (χ0v) is 12.9. The van der Waals surface area contributed by atoms with Crippen LogP contribution in [0.3, 0.4) is 0 Å². The Morgan fingerprint density at radius 3 is 2.95 bits per heavy atom. The molecule has 0 N–H and O–H groups in total. The summed E-state index contributed by atoms with van der Waals surface area (Å²) >= 11 is 0. The van der Waals surface area contributed by atoms with Crippen molar-refractivity contribution < 1.29 is 14.3 Å². The first kappa shape index (κ1) is 14.4. The van der Waals surface area contributed by atoms with Gasteiger partial charge in [-0.25, -0.2) is 4.79 Å². The molecule has 1 fully saturated rings. The Labute approximate surface area is 126 Å². The van der Waals surface area contributed by atoms with E-state index in [0.29, 0.717) is 5.92 Å². The van der Waals surface area contributed by atoms with Crippen LogP contribution in [0.5, 0.6) is 0 Å². The van der Waals surface area contributed by atoms with E-state index in [1.165, 1.54) is 5.57 Å². The van der Waals surface area contributed by atoms with Gasteiger partial charge in [0.25, 0.3) is 0 Å². The van der Waals surface area contributed by atoms with Gasteiger partial charge >= 0.3 is 6.09 Å². The van der Waals surface area contributed by atoms with Gasteiger partial charge in [-0.15, -0.1) is 0 Å². The van der Waals surface area contributed by atoms with Crippen LogP contribution < -0.4 is 0 Å². The maximum absolute atomic E-state index is 12.5. The molecule has 114 valence electrons. The number of ether oxygens (including phenoxy) is 2. The van der Waals surface area contributed by atoms with Crippen molar-refractivity contribution in [3.05, 3.63) is 36.1 Å². The van der Waals surface area contributed by atoms with Gasteiger partial charge in [-0.3, -0.25) is 4.90 Å². The molecular formula is C17H23NO3. The highest BCUT2D eigenvalue weighted by Crippen LogP contribution is 2.37. The van der Waals surface area contributed by atoms with E-state index < -0.39 is 5.60 Å². The normalized spacial score (nSPS) is 31.3. The number of nitrogens with zero attached hydrogens (tertiary/aromatic N) is 1. The van der Waals surface area contributed by atoms with E-state index in [4.69, 9.17) is 9.47 Å². The van der Waals surface area contributed by atoms with Gasteiger partial charge < -0.3 is 9.47 Å². The first-order valence-corrected chi connectivity index (χ1v) is 7.59. The minimum Gasteiger partial charge on any atom is -0.443 e. The average Bonchev–Trinajstić information content (AvgIpc) is 2.72. The summed E-state index contributed by atoms with van der Waals surface area (Å²) in [5.41, 5.74) is 0.902.